The lowest BCUT2D eigenvalue weighted by atomic mass is 10.2. The molecule has 2 rings (SSSR count). The van der Waals surface area contributed by atoms with Crippen LogP contribution in [-0.2, 0) is 0 Å². The Morgan fingerprint density at radius 3 is 2.44 bits per heavy atom. The zero-order valence-electron chi connectivity index (χ0n) is 8.87. The zero-order chi connectivity index (χ0) is 11.5. The molecule has 0 spiro atoms. The average Bonchev–Trinajstić information content (AvgIpc) is 2.28. The second-order valence-electron chi connectivity index (χ2n) is 3.63. The van der Waals surface area contributed by atoms with E-state index in [4.69, 9.17) is 11.6 Å². The van der Waals surface area contributed by atoms with Crippen LogP contribution in [-0.4, -0.2) is 5.11 Å². The highest BCUT2D eigenvalue weighted by molar-refractivity contribution is 6.32. The fraction of sp³-hybridized carbons (Fsp3) is 0.0769. The Hall–Kier alpha value is -1.67. The average molecular weight is 234 g/mol. The van der Waals surface area contributed by atoms with Crippen molar-refractivity contribution < 1.29 is 5.11 Å². The number of para-hydroxylation sites is 1. The highest BCUT2D eigenvalue weighted by Gasteiger charge is 2.04. The topological polar surface area (TPSA) is 32.3 Å². The number of phenolic OH excluding ortho intramolecular Hbond substituents is 1. The maximum atomic E-state index is 9.72. The predicted molar refractivity (Wildman–Crippen MR) is 67.6 cm³/mol. The van der Waals surface area contributed by atoms with Crippen molar-refractivity contribution in [1.29, 1.82) is 0 Å². The number of hydrogen-bond acceptors (Lipinski definition) is 2. The summed E-state index contributed by atoms with van der Waals surface area (Å²) in [5, 5.41) is 13.2. The van der Waals surface area contributed by atoms with E-state index in [1.54, 1.807) is 18.2 Å². The Labute approximate surface area is 99.5 Å². The summed E-state index contributed by atoms with van der Waals surface area (Å²) in [6, 6.07) is 13.1. The van der Waals surface area contributed by atoms with Gasteiger partial charge < -0.3 is 10.4 Å². The van der Waals surface area contributed by atoms with E-state index in [1.807, 2.05) is 31.2 Å². The standard InChI is InChI=1S/C13H12ClNO/c1-9-5-7-10(8-6-9)15-12-4-2-3-11(14)13(12)16/h2-8,15-16H,1H3. The van der Waals surface area contributed by atoms with E-state index in [2.05, 4.69) is 5.32 Å². The molecule has 0 saturated carbocycles. The molecule has 3 heteroatoms. The second kappa shape index (κ2) is 4.45. The van der Waals surface area contributed by atoms with Crippen LogP contribution < -0.4 is 5.32 Å². The van der Waals surface area contributed by atoms with Gasteiger partial charge in [-0.25, -0.2) is 0 Å². The van der Waals surface area contributed by atoms with Crippen molar-refractivity contribution in [3.05, 3.63) is 53.1 Å². The van der Waals surface area contributed by atoms with Crippen molar-refractivity contribution >= 4 is 23.0 Å². The quantitative estimate of drug-likeness (QED) is 0.766. The molecule has 2 nitrogen and oxygen atoms in total. The SMILES string of the molecule is Cc1ccc(Nc2cccc(Cl)c2O)cc1. The summed E-state index contributed by atoms with van der Waals surface area (Å²) < 4.78 is 0. The lowest BCUT2D eigenvalue weighted by molar-refractivity contribution is 0.478. The Morgan fingerprint density at radius 2 is 1.75 bits per heavy atom. The first-order valence-corrected chi connectivity index (χ1v) is 5.36. The lowest BCUT2D eigenvalue weighted by Crippen LogP contribution is -1.90. The molecule has 0 fully saturated rings. The van der Waals surface area contributed by atoms with Gasteiger partial charge in [0, 0.05) is 5.69 Å². The molecule has 2 aromatic carbocycles. The third kappa shape index (κ3) is 2.28. The second-order valence-corrected chi connectivity index (χ2v) is 4.03. The summed E-state index contributed by atoms with van der Waals surface area (Å²) >= 11 is 5.82. The van der Waals surface area contributed by atoms with Crippen LogP contribution in [0.15, 0.2) is 42.5 Å². The number of anilines is 2. The highest BCUT2D eigenvalue weighted by Crippen LogP contribution is 2.33. The molecule has 0 bridgehead atoms. The molecule has 0 saturated heterocycles. The van der Waals surface area contributed by atoms with Crippen LogP contribution in [0.1, 0.15) is 5.56 Å². The van der Waals surface area contributed by atoms with Crippen molar-refractivity contribution in [3.8, 4) is 5.75 Å². The molecule has 16 heavy (non-hydrogen) atoms. The minimum Gasteiger partial charge on any atom is -0.504 e. The summed E-state index contributed by atoms with van der Waals surface area (Å²) in [6.07, 6.45) is 0. The van der Waals surface area contributed by atoms with Crippen LogP contribution in [0, 0.1) is 6.92 Å². The van der Waals surface area contributed by atoms with E-state index in [0.717, 1.165) is 5.69 Å². The number of hydrogen-bond donors (Lipinski definition) is 2. The van der Waals surface area contributed by atoms with Gasteiger partial charge in [-0.2, -0.15) is 0 Å². The molecule has 0 aliphatic rings. The molecule has 0 radical (unpaired) electrons. The molecule has 2 N–H and O–H groups in total. The number of rotatable bonds is 2. The van der Waals surface area contributed by atoms with Crippen molar-refractivity contribution in [3.63, 3.8) is 0 Å². The number of benzene rings is 2. The fourth-order valence-corrected chi connectivity index (χ4v) is 1.58. The van der Waals surface area contributed by atoms with Gasteiger partial charge in [0.25, 0.3) is 0 Å². The van der Waals surface area contributed by atoms with Gasteiger partial charge in [0.2, 0.25) is 0 Å². The predicted octanol–water partition coefficient (Wildman–Crippen LogP) is 4.10. The van der Waals surface area contributed by atoms with Gasteiger partial charge in [-0.1, -0.05) is 35.4 Å². The van der Waals surface area contributed by atoms with E-state index in [0.29, 0.717) is 10.7 Å². The lowest BCUT2D eigenvalue weighted by Gasteiger charge is -2.09. The van der Waals surface area contributed by atoms with E-state index >= 15 is 0 Å². The van der Waals surface area contributed by atoms with Gasteiger partial charge in [-0.3, -0.25) is 0 Å². The molecule has 2 aromatic rings. The van der Waals surface area contributed by atoms with Crippen LogP contribution in [0.2, 0.25) is 5.02 Å². The summed E-state index contributed by atoms with van der Waals surface area (Å²) in [5.41, 5.74) is 2.72. The van der Waals surface area contributed by atoms with Crippen LogP contribution in [0.3, 0.4) is 0 Å². The maximum absolute atomic E-state index is 9.72. The van der Waals surface area contributed by atoms with Gasteiger partial charge in [0.1, 0.15) is 0 Å². The van der Waals surface area contributed by atoms with Gasteiger partial charge >= 0.3 is 0 Å². The molecule has 0 unspecified atom stereocenters. The number of halogens is 1. The minimum absolute atomic E-state index is 0.0738. The minimum atomic E-state index is 0.0738. The molecule has 0 aromatic heterocycles. The molecule has 0 aliphatic heterocycles. The third-order valence-corrected chi connectivity index (χ3v) is 2.62. The molecule has 0 heterocycles. The Bertz CT molecular complexity index is 494. The van der Waals surface area contributed by atoms with Crippen LogP contribution >= 0.6 is 11.6 Å². The Balaban J connectivity index is 2.27. The van der Waals surface area contributed by atoms with Crippen LogP contribution in [0.4, 0.5) is 11.4 Å². The summed E-state index contributed by atoms with van der Waals surface area (Å²) in [5.74, 6) is 0.0738. The zero-order valence-corrected chi connectivity index (χ0v) is 9.62. The molecular formula is C13H12ClNO. The van der Waals surface area contributed by atoms with E-state index in [1.165, 1.54) is 5.56 Å². The number of aromatic hydroxyl groups is 1. The molecular weight excluding hydrogens is 222 g/mol. The largest absolute Gasteiger partial charge is 0.504 e. The fourth-order valence-electron chi connectivity index (χ4n) is 1.41. The first-order chi connectivity index (χ1) is 7.66. The van der Waals surface area contributed by atoms with E-state index in [9.17, 15) is 5.11 Å². The molecule has 0 aliphatic carbocycles. The smallest absolute Gasteiger partial charge is 0.157 e. The molecule has 0 atom stereocenters. The van der Waals surface area contributed by atoms with Crippen molar-refractivity contribution in [1.82, 2.24) is 0 Å². The molecule has 82 valence electrons. The normalized spacial score (nSPS) is 10.1. The van der Waals surface area contributed by atoms with Crippen LogP contribution in [0.25, 0.3) is 0 Å². The molecule has 0 amide bonds. The van der Waals surface area contributed by atoms with Gasteiger partial charge in [-0.15, -0.1) is 0 Å². The third-order valence-electron chi connectivity index (χ3n) is 2.32. The summed E-state index contributed by atoms with van der Waals surface area (Å²) in [6.45, 7) is 2.03. The maximum Gasteiger partial charge on any atom is 0.157 e. The Kier molecular flexibility index (Phi) is 3.02. The van der Waals surface area contributed by atoms with Crippen molar-refractivity contribution in [2.75, 3.05) is 5.32 Å². The first-order valence-electron chi connectivity index (χ1n) is 4.98. The summed E-state index contributed by atoms with van der Waals surface area (Å²) in [4.78, 5) is 0. The van der Waals surface area contributed by atoms with Crippen LogP contribution in [0.5, 0.6) is 5.75 Å². The van der Waals surface area contributed by atoms with Crippen molar-refractivity contribution in [2.24, 2.45) is 0 Å². The van der Waals surface area contributed by atoms with Crippen molar-refractivity contribution in [2.45, 2.75) is 6.92 Å². The van der Waals surface area contributed by atoms with Gasteiger partial charge in [0.05, 0.1) is 10.7 Å². The van der Waals surface area contributed by atoms with Gasteiger partial charge in [0.15, 0.2) is 5.75 Å². The monoisotopic (exact) mass is 233 g/mol. The van der Waals surface area contributed by atoms with E-state index < -0.39 is 0 Å². The first kappa shape index (κ1) is 10.8. The Morgan fingerprint density at radius 1 is 1.06 bits per heavy atom. The van der Waals surface area contributed by atoms with Gasteiger partial charge in [-0.05, 0) is 31.2 Å². The number of phenols is 1. The summed E-state index contributed by atoms with van der Waals surface area (Å²) in [7, 11) is 0. The highest BCUT2D eigenvalue weighted by atomic mass is 35.5. The number of nitrogens with one attached hydrogen (secondary N) is 1. The van der Waals surface area contributed by atoms with E-state index in [-0.39, 0.29) is 5.75 Å². The number of aryl methyl sites for hydroxylation is 1.